The van der Waals surface area contributed by atoms with Crippen LogP contribution in [0.2, 0.25) is 0 Å². The van der Waals surface area contributed by atoms with E-state index in [9.17, 15) is 8.42 Å². The lowest BCUT2D eigenvalue weighted by molar-refractivity contribution is 0.186. The average molecular weight is 276 g/mol. The highest BCUT2D eigenvalue weighted by molar-refractivity contribution is 7.89. The van der Waals surface area contributed by atoms with Crippen molar-refractivity contribution in [3.63, 3.8) is 0 Å². The second kappa shape index (κ2) is 6.89. The smallest absolute Gasteiger partial charge is 0.273 e. The van der Waals surface area contributed by atoms with Crippen molar-refractivity contribution in [3.05, 3.63) is 17.9 Å². The summed E-state index contributed by atoms with van der Waals surface area (Å²) in [5.41, 5.74) is 0. The molecule has 1 atom stereocenters. The summed E-state index contributed by atoms with van der Waals surface area (Å²) in [5.74, 6) is 0.577. The van der Waals surface area contributed by atoms with Crippen LogP contribution < -0.4 is 10.0 Å². The summed E-state index contributed by atoms with van der Waals surface area (Å²) in [6, 6.07) is 3.06. The maximum atomic E-state index is 11.8. The minimum Gasteiger partial charge on any atom is -0.447 e. The Kier molecular flexibility index (Phi) is 5.80. The Morgan fingerprint density at radius 1 is 1.44 bits per heavy atom. The maximum Gasteiger partial charge on any atom is 0.273 e. The van der Waals surface area contributed by atoms with Crippen LogP contribution in [0.5, 0.6) is 0 Å². The number of aliphatic hydroxyl groups excluding tert-OH is 1. The fraction of sp³-hybridized carbons (Fsp3) is 0.636. The molecule has 0 aliphatic rings. The molecule has 6 nitrogen and oxygen atoms in total. The SMILES string of the molecule is CCNCc1ccc(S(=O)(=O)NCCC(C)O)o1. The van der Waals surface area contributed by atoms with Gasteiger partial charge < -0.3 is 14.8 Å². The number of sulfonamides is 1. The first-order valence-corrected chi connectivity index (χ1v) is 7.41. The predicted octanol–water partition coefficient (Wildman–Crippen LogP) is 0.438. The van der Waals surface area contributed by atoms with Crippen molar-refractivity contribution in [2.75, 3.05) is 13.1 Å². The summed E-state index contributed by atoms with van der Waals surface area (Å²) in [7, 11) is -3.62. The van der Waals surface area contributed by atoms with Gasteiger partial charge in [-0.15, -0.1) is 0 Å². The number of hydrogen-bond acceptors (Lipinski definition) is 5. The first kappa shape index (κ1) is 15.2. The molecule has 0 radical (unpaired) electrons. The lowest BCUT2D eigenvalue weighted by Crippen LogP contribution is -2.26. The van der Waals surface area contributed by atoms with E-state index in [0.717, 1.165) is 6.54 Å². The van der Waals surface area contributed by atoms with Crippen LogP contribution in [0.25, 0.3) is 0 Å². The van der Waals surface area contributed by atoms with Crippen LogP contribution in [0.3, 0.4) is 0 Å². The number of rotatable bonds is 8. The Morgan fingerprint density at radius 3 is 2.78 bits per heavy atom. The molecule has 0 bridgehead atoms. The highest BCUT2D eigenvalue weighted by atomic mass is 32.2. The normalized spacial score (nSPS) is 13.7. The van der Waals surface area contributed by atoms with Gasteiger partial charge in [-0.25, -0.2) is 13.1 Å². The van der Waals surface area contributed by atoms with Gasteiger partial charge in [0, 0.05) is 6.54 Å². The summed E-state index contributed by atoms with van der Waals surface area (Å²) in [6.45, 7) is 5.03. The molecule has 0 aliphatic carbocycles. The zero-order chi connectivity index (χ0) is 13.6. The van der Waals surface area contributed by atoms with Gasteiger partial charge in [-0.1, -0.05) is 6.92 Å². The fourth-order valence-electron chi connectivity index (χ4n) is 1.32. The van der Waals surface area contributed by atoms with Crippen molar-refractivity contribution in [3.8, 4) is 0 Å². The standard InChI is InChI=1S/C11H20N2O4S/c1-3-12-8-10-4-5-11(17-10)18(15,16)13-7-6-9(2)14/h4-5,9,12-14H,3,6-8H2,1-2H3. The van der Waals surface area contributed by atoms with Crippen molar-refractivity contribution in [2.24, 2.45) is 0 Å². The van der Waals surface area contributed by atoms with Crippen LogP contribution in [0, 0.1) is 0 Å². The van der Waals surface area contributed by atoms with E-state index in [1.807, 2.05) is 6.92 Å². The molecule has 1 rings (SSSR count). The molecule has 0 saturated carbocycles. The third kappa shape index (κ3) is 4.77. The number of furan rings is 1. The van der Waals surface area contributed by atoms with E-state index in [2.05, 4.69) is 10.0 Å². The van der Waals surface area contributed by atoms with Gasteiger partial charge in [-0.3, -0.25) is 0 Å². The van der Waals surface area contributed by atoms with Crippen molar-refractivity contribution in [2.45, 2.75) is 38.0 Å². The van der Waals surface area contributed by atoms with Gasteiger partial charge >= 0.3 is 0 Å². The molecule has 0 amide bonds. The molecule has 18 heavy (non-hydrogen) atoms. The monoisotopic (exact) mass is 276 g/mol. The molecule has 1 heterocycles. The zero-order valence-electron chi connectivity index (χ0n) is 10.6. The van der Waals surface area contributed by atoms with E-state index in [1.54, 1.807) is 13.0 Å². The van der Waals surface area contributed by atoms with E-state index in [1.165, 1.54) is 6.07 Å². The summed E-state index contributed by atoms with van der Waals surface area (Å²) >= 11 is 0. The first-order valence-electron chi connectivity index (χ1n) is 5.93. The Balaban J connectivity index is 2.58. The van der Waals surface area contributed by atoms with Gasteiger partial charge in [0.1, 0.15) is 5.76 Å². The van der Waals surface area contributed by atoms with E-state index in [4.69, 9.17) is 9.52 Å². The van der Waals surface area contributed by atoms with Gasteiger partial charge in [-0.05, 0) is 32.0 Å². The van der Waals surface area contributed by atoms with Crippen LogP contribution in [-0.2, 0) is 16.6 Å². The van der Waals surface area contributed by atoms with E-state index in [-0.39, 0.29) is 11.6 Å². The number of nitrogens with one attached hydrogen (secondary N) is 2. The number of aliphatic hydroxyl groups is 1. The van der Waals surface area contributed by atoms with Crippen molar-refractivity contribution in [1.29, 1.82) is 0 Å². The van der Waals surface area contributed by atoms with Gasteiger partial charge in [0.05, 0.1) is 12.6 Å². The summed E-state index contributed by atoms with van der Waals surface area (Å²) in [6.07, 6.45) is -0.168. The molecule has 7 heteroatoms. The summed E-state index contributed by atoms with van der Waals surface area (Å²) in [4.78, 5) is 0. The highest BCUT2D eigenvalue weighted by Gasteiger charge is 2.18. The largest absolute Gasteiger partial charge is 0.447 e. The summed E-state index contributed by atoms with van der Waals surface area (Å²) in [5, 5.41) is 12.0. The molecule has 1 aromatic rings. The average Bonchev–Trinajstić information content (AvgIpc) is 2.74. The van der Waals surface area contributed by atoms with Crippen molar-refractivity contribution < 1.29 is 17.9 Å². The van der Waals surface area contributed by atoms with Gasteiger partial charge in [-0.2, -0.15) is 0 Å². The Hall–Kier alpha value is -0.890. The van der Waals surface area contributed by atoms with Gasteiger partial charge in [0.15, 0.2) is 0 Å². The van der Waals surface area contributed by atoms with Crippen LogP contribution >= 0.6 is 0 Å². The molecule has 0 aliphatic heterocycles. The second-order valence-corrected chi connectivity index (χ2v) is 5.73. The Morgan fingerprint density at radius 2 is 2.17 bits per heavy atom. The summed E-state index contributed by atoms with van der Waals surface area (Å²) < 4.78 is 31.2. The van der Waals surface area contributed by atoms with Crippen molar-refractivity contribution in [1.82, 2.24) is 10.0 Å². The van der Waals surface area contributed by atoms with Gasteiger partial charge in [0.25, 0.3) is 10.0 Å². The molecule has 1 aromatic heterocycles. The van der Waals surface area contributed by atoms with Crippen molar-refractivity contribution >= 4 is 10.0 Å². The zero-order valence-corrected chi connectivity index (χ0v) is 11.5. The highest BCUT2D eigenvalue weighted by Crippen LogP contribution is 2.13. The molecule has 3 N–H and O–H groups in total. The lowest BCUT2D eigenvalue weighted by atomic mass is 10.3. The molecule has 1 unspecified atom stereocenters. The van der Waals surface area contributed by atoms with E-state index in [0.29, 0.717) is 18.7 Å². The Bertz CT molecular complexity index is 453. The molecule has 0 fully saturated rings. The molecule has 0 spiro atoms. The lowest BCUT2D eigenvalue weighted by Gasteiger charge is -2.05. The fourth-order valence-corrected chi connectivity index (χ4v) is 2.31. The van der Waals surface area contributed by atoms with E-state index < -0.39 is 16.1 Å². The minimum atomic E-state index is -3.62. The quantitative estimate of drug-likeness (QED) is 0.641. The first-order chi connectivity index (χ1) is 8.45. The molecule has 0 aromatic carbocycles. The number of hydrogen-bond donors (Lipinski definition) is 3. The maximum absolute atomic E-state index is 11.8. The van der Waals surface area contributed by atoms with Crippen LogP contribution in [0.15, 0.2) is 21.6 Å². The Labute approximate surface area is 107 Å². The molecule has 104 valence electrons. The third-order valence-electron chi connectivity index (χ3n) is 2.31. The van der Waals surface area contributed by atoms with Crippen LogP contribution in [0.4, 0.5) is 0 Å². The van der Waals surface area contributed by atoms with E-state index >= 15 is 0 Å². The second-order valence-electron chi connectivity index (χ2n) is 4.04. The topological polar surface area (TPSA) is 91.6 Å². The van der Waals surface area contributed by atoms with Gasteiger partial charge in [0.2, 0.25) is 5.09 Å². The predicted molar refractivity (Wildman–Crippen MR) is 67.6 cm³/mol. The molecule has 0 saturated heterocycles. The molecular formula is C11H20N2O4S. The molecular weight excluding hydrogens is 256 g/mol. The minimum absolute atomic E-state index is 0.0963. The third-order valence-corrected chi connectivity index (χ3v) is 3.64. The van der Waals surface area contributed by atoms with Crippen LogP contribution in [0.1, 0.15) is 26.0 Å². The van der Waals surface area contributed by atoms with Crippen LogP contribution in [-0.4, -0.2) is 32.7 Å².